The maximum Gasteiger partial charge on any atom is 0.119 e. The van der Waals surface area contributed by atoms with E-state index in [9.17, 15) is 0 Å². The number of hydrogen-bond acceptors (Lipinski definition) is 8. The van der Waals surface area contributed by atoms with Gasteiger partial charge < -0.3 is 38.2 Å². The first-order valence-electron chi connectivity index (χ1n) is 20.4. The second-order valence-corrected chi connectivity index (χ2v) is 14.6. The van der Waals surface area contributed by atoms with E-state index in [0.29, 0.717) is 64.7 Å². The van der Waals surface area contributed by atoms with Crippen molar-refractivity contribution in [2.75, 3.05) is 105 Å². The van der Waals surface area contributed by atoms with Crippen molar-refractivity contribution < 1.29 is 28.4 Å². The number of likely N-dealkylation sites (N-methyl/N-ethyl adjacent to an activating group) is 2. The fourth-order valence-electron chi connectivity index (χ4n) is 8.16. The molecule has 0 radical (unpaired) electrons. The summed E-state index contributed by atoms with van der Waals surface area (Å²) in [4.78, 5) is 4.72. The molecule has 4 rings (SSSR count). The predicted octanol–water partition coefficient (Wildman–Crippen LogP) is 8.09. The van der Waals surface area contributed by atoms with Gasteiger partial charge in [-0.15, -0.1) is 0 Å². The highest BCUT2D eigenvalue weighted by molar-refractivity contribution is 5.83. The van der Waals surface area contributed by atoms with E-state index in [4.69, 9.17) is 28.4 Å². The zero-order valence-electron chi connectivity index (χ0n) is 33.4. The summed E-state index contributed by atoms with van der Waals surface area (Å²) in [6, 6.07) is 17.4. The third-order valence-electron chi connectivity index (χ3n) is 10.9. The first-order valence-corrected chi connectivity index (χ1v) is 20.4. The molecular formula is C44H70N2O6. The average molecular weight is 723 g/mol. The second-order valence-electron chi connectivity index (χ2n) is 14.6. The molecule has 2 saturated carbocycles. The summed E-state index contributed by atoms with van der Waals surface area (Å²) in [5.74, 6) is 4.56. The molecular weight excluding hydrogens is 652 g/mol. The van der Waals surface area contributed by atoms with Gasteiger partial charge in [-0.2, -0.15) is 0 Å². The van der Waals surface area contributed by atoms with E-state index in [1.54, 1.807) is 5.57 Å². The number of hydrogen-bond donors (Lipinski definition) is 0. The molecule has 0 aliphatic heterocycles. The first kappa shape index (κ1) is 42.3. The largest absolute Gasteiger partial charge is 0.491 e. The molecule has 292 valence electrons. The van der Waals surface area contributed by atoms with Gasteiger partial charge >= 0.3 is 0 Å². The topological polar surface area (TPSA) is 61.9 Å². The van der Waals surface area contributed by atoms with Gasteiger partial charge in [0.15, 0.2) is 0 Å². The van der Waals surface area contributed by atoms with Crippen molar-refractivity contribution in [3.05, 3.63) is 65.2 Å². The predicted molar refractivity (Wildman–Crippen MR) is 213 cm³/mol. The van der Waals surface area contributed by atoms with Crippen LogP contribution in [0.25, 0.3) is 5.57 Å². The number of fused-ring (bicyclic) bond motifs is 2. The molecule has 2 aromatic carbocycles. The van der Waals surface area contributed by atoms with Crippen LogP contribution in [0.15, 0.2) is 54.1 Å². The lowest BCUT2D eigenvalue weighted by molar-refractivity contribution is 0.0300. The van der Waals surface area contributed by atoms with E-state index in [1.807, 2.05) is 0 Å². The zero-order valence-corrected chi connectivity index (χ0v) is 33.4. The van der Waals surface area contributed by atoms with E-state index >= 15 is 0 Å². The molecule has 0 saturated heterocycles. The fraction of sp³-hybridized carbons (Fsp3) is 0.682. The van der Waals surface area contributed by atoms with Gasteiger partial charge in [0.1, 0.15) is 24.7 Å². The van der Waals surface area contributed by atoms with Crippen LogP contribution in [0.4, 0.5) is 0 Å². The molecule has 2 fully saturated rings. The van der Waals surface area contributed by atoms with Gasteiger partial charge in [0.05, 0.1) is 52.9 Å². The Kier molecular flexibility index (Phi) is 19.6. The van der Waals surface area contributed by atoms with Gasteiger partial charge in [-0.05, 0) is 116 Å². The normalized spacial score (nSPS) is 20.1. The summed E-state index contributed by atoms with van der Waals surface area (Å²) in [5, 5.41) is 0. The van der Waals surface area contributed by atoms with Crippen LogP contribution in [-0.4, -0.2) is 115 Å². The molecule has 2 bridgehead atoms. The minimum Gasteiger partial charge on any atom is -0.491 e. The Labute approximate surface area is 316 Å². The van der Waals surface area contributed by atoms with Crippen LogP contribution in [0.5, 0.6) is 11.5 Å². The Morgan fingerprint density at radius 1 is 0.519 bits per heavy atom. The molecule has 4 unspecified atom stereocenters. The van der Waals surface area contributed by atoms with Crippen molar-refractivity contribution in [2.24, 2.45) is 23.7 Å². The van der Waals surface area contributed by atoms with Crippen LogP contribution in [0.1, 0.15) is 78.4 Å². The molecule has 0 aromatic heterocycles. The standard InChI is InChI=1S/C44H70N2O6/c1-7-45(8-2)19-21-47-23-25-49-27-29-51-41-15-11-38(12-16-41)44(43-36(6)33-37-31-35(5)32-40(43)34-37)39-13-17-42(18-14-39)52-30-28-50-26-24-48-22-20-46(9-3)10-4/h11-18,35-37,40H,7-10,19-34H2,1-6H3. The summed E-state index contributed by atoms with van der Waals surface area (Å²) in [7, 11) is 0. The van der Waals surface area contributed by atoms with E-state index in [0.717, 1.165) is 75.8 Å². The van der Waals surface area contributed by atoms with E-state index in [1.165, 1.54) is 42.4 Å². The smallest absolute Gasteiger partial charge is 0.119 e. The lowest BCUT2D eigenvalue weighted by Gasteiger charge is -2.44. The molecule has 8 nitrogen and oxygen atoms in total. The van der Waals surface area contributed by atoms with E-state index in [-0.39, 0.29) is 0 Å². The van der Waals surface area contributed by atoms with Gasteiger partial charge in [-0.3, -0.25) is 0 Å². The molecule has 8 heteroatoms. The number of ether oxygens (including phenoxy) is 6. The number of benzene rings is 2. The van der Waals surface area contributed by atoms with E-state index in [2.05, 4.69) is 99.9 Å². The lowest BCUT2D eigenvalue weighted by atomic mass is 9.61. The number of allylic oxidation sites excluding steroid dienone is 1. The van der Waals surface area contributed by atoms with Crippen molar-refractivity contribution in [3.8, 4) is 11.5 Å². The molecule has 4 atom stereocenters. The molecule has 0 spiro atoms. The highest BCUT2D eigenvalue weighted by atomic mass is 16.5. The Bertz CT molecular complexity index is 1180. The Morgan fingerprint density at radius 2 is 0.942 bits per heavy atom. The lowest BCUT2D eigenvalue weighted by Crippen LogP contribution is -2.32. The second kappa shape index (κ2) is 24.0. The molecule has 0 N–H and O–H groups in total. The summed E-state index contributed by atoms with van der Waals surface area (Å²) < 4.78 is 35.1. The average Bonchev–Trinajstić information content (AvgIpc) is 3.15. The van der Waals surface area contributed by atoms with Crippen molar-refractivity contribution in [1.82, 2.24) is 9.80 Å². The van der Waals surface area contributed by atoms with Crippen molar-refractivity contribution in [3.63, 3.8) is 0 Å². The highest BCUT2D eigenvalue weighted by Crippen LogP contribution is 2.51. The summed E-state index contributed by atoms with van der Waals surface area (Å²) >= 11 is 0. The Morgan fingerprint density at radius 3 is 1.38 bits per heavy atom. The third kappa shape index (κ3) is 14.1. The highest BCUT2D eigenvalue weighted by Gasteiger charge is 2.38. The molecule has 2 aliphatic rings. The molecule has 2 aliphatic carbocycles. The minimum absolute atomic E-state index is 0.516. The number of nitrogens with zero attached hydrogens (tertiary/aromatic N) is 2. The molecule has 0 amide bonds. The molecule has 2 aromatic rings. The maximum atomic E-state index is 6.07. The monoisotopic (exact) mass is 723 g/mol. The van der Waals surface area contributed by atoms with Gasteiger partial charge in [0.25, 0.3) is 0 Å². The molecule has 0 heterocycles. The third-order valence-corrected chi connectivity index (χ3v) is 10.9. The van der Waals surface area contributed by atoms with Crippen molar-refractivity contribution in [1.29, 1.82) is 0 Å². The minimum atomic E-state index is 0.516. The van der Waals surface area contributed by atoms with Crippen LogP contribution in [0.2, 0.25) is 0 Å². The van der Waals surface area contributed by atoms with Gasteiger partial charge in [-0.1, -0.05) is 71.4 Å². The summed E-state index contributed by atoms with van der Waals surface area (Å²) in [6.07, 6.45) is 5.26. The SMILES string of the molecule is CCN(CC)CCOCCOCCOc1ccc(C(=C2C(C)CC3CC(C)CC2C3)c2ccc(OCCOCCOCCN(CC)CC)cc2)cc1. The summed E-state index contributed by atoms with van der Waals surface area (Å²) in [5.41, 5.74) is 5.53. The van der Waals surface area contributed by atoms with E-state index < -0.39 is 0 Å². The van der Waals surface area contributed by atoms with Gasteiger partial charge in [0.2, 0.25) is 0 Å². The number of rotatable bonds is 26. The van der Waals surface area contributed by atoms with Gasteiger partial charge in [-0.25, -0.2) is 0 Å². The summed E-state index contributed by atoms with van der Waals surface area (Å²) in [6.45, 7) is 25.8. The van der Waals surface area contributed by atoms with Crippen LogP contribution < -0.4 is 9.47 Å². The Balaban J connectivity index is 1.29. The van der Waals surface area contributed by atoms with Crippen LogP contribution in [-0.2, 0) is 18.9 Å². The first-order chi connectivity index (χ1) is 25.4. The maximum absolute atomic E-state index is 6.07. The van der Waals surface area contributed by atoms with Crippen molar-refractivity contribution in [2.45, 2.75) is 67.2 Å². The quantitative estimate of drug-likeness (QED) is 0.0904. The van der Waals surface area contributed by atoms with Crippen LogP contribution in [0, 0.1) is 23.7 Å². The fourth-order valence-corrected chi connectivity index (χ4v) is 8.16. The van der Waals surface area contributed by atoms with Crippen molar-refractivity contribution >= 4 is 5.57 Å². The zero-order chi connectivity index (χ0) is 37.0. The van der Waals surface area contributed by atoms with Gasteiger partial charge in [0, 0.05) is 13.1 Å². The molecule has 52 heavy (non-hydrogen) atoms. The van der Waals surface area contributed by atoms with Crippen LogP contribution in [0.3, 0.4) is 0 Å². The van der Waals surface area contributed by atoms with Crippen LogP contribution >= 0.6 is 0 Å². The Hall–Kier alpha value is -2.46.